The summed E-state index contributed by atoms with van der Waals surface area (Å²) in [6.07, 6.45) is 0. The van der Waals surface area contributed by atoms with Crippen molar-refractivity contribution < 1.29 is 13.9 Å². The van der Waals surface area contributed by atoms with Crippen LogP contribution in [0.3, 0.4) is 0 Å². The largest absolute Gasteiger partial charge is 0.423 e. The van der Waals surface area contributed by atoms with Crippen LogP contribution >= 0.6 is 34.8 Å². The third kappa shape index (κ3) is 2.74. The first kappa shape index (κ1) is 11.6. The van der Waals surface area contributed by atoms with Crippen molar-refractivity contribution in [3.8, 4) is 5.75 Å². The summed E-state index contributed by atoms with van der Waals surface area (Å²) in [6, 6.07) is 2.56. The van der Waals surface area contributed by atoms with Crippen molar-refractivity contribution in [3.63, 3.8) is 0 Å². The highest BCUT2D eigenvalue weighted by atomic mass is 35.5. The molecule has 0 bridgehead atoms. The van der Waals surface area contributed by atoms with Crippen LogP contribution in [0, 0.1) is 0 Å². The molecule has 0 heterocycles. The van der Waals surface area contributed by atoms with Crippen molar-refractivity contribution in [1.29, 1.82) is 0 Å². The summed E-state index contributed by atoms with van der Waals surface area (Å²) in [7, 11) is 0. The van der Waals surface area contributed by atoms with Crippen LogP contribution in [0.15, 0.2) is 12.1 Å². The van der Waals surface area contributed by atoms with Crippen LogP contribution < -0.4 is 4.74 Å². The molecule has 2 nitrogen and oxygen atoms in total. The molecule has 0 saturated heterocycles. The van der Waals surface area contributed by atoms with Crippen LogP contribution in [-0.2, 0) is 4.79 Å². The van der Waals surface area contributed by atoms with Gasteiger partial charge in [0.1, 0.15) is 0 Å². The summed E-state index contributed by atoms with van der Waals surface area (Å²) in [4.78, 5) is 10.6. The molecule has 0 aliphatic carbocycles. The number of carbonyl (C=O) groups excluding carboxylic acids is 1. The standard InChI is InChI=1S/C8H4Cl3FO2/c9-4-1-6(11)7(2-5(4)10)14-8(13)3-12/h1-2H,3H2. The Hall–Kier alpha value is -0.510. The van der Waals surface area contributed by atoms with Crippen LogP contribution in [0.4, 0.5) is 4.39 Å². The van der Waals surface area contributed by atoms with Crippen molar-refractivity contribution in [2.45, 2.75) is 0 Å². The minimum Gasteiger partial charge on any atom is -0.423 e. The first-order valence-electron chi connectivity index (χ1n) is 3.45. The molecule has 1 rings (SSSR count). The van der Waals surface area contributed by atoms with E-state index in [2.05, 4.69) is 4.74 Å². The van der Waals surface area contributed by atoms with Gasteiger partial charge in [-0.1, -0.05) is 34.8 Å². The Morgan fingerprint density at radius 1 is 1.21 bits per heavy atom. The van der Waals surface area contributed by atoms with Gasteiger partial charge in [-0.3, -0.25) is 0 Å². The molecule has 0 aromatic heterocycles. The zero-order chi connectivity index (χ0) is 10.7. The van der Waals surface area contributed by atoms with E-state index in [1.807, 2.05) is 0 Å². The van der Waals surface area contributed by atoms with Gasteiger partial charge in [-0.05, 0) is 6.07 Å². The van der Waals surface area contributed by atoms with E-state index in [4.69, 9.17) is 34.8 Å². The smallest absolute Gasteiger partial charge is 0.342 e. The Bertz CT molecular complexity index is 368. The van der Waals surface area contributed by atoms with Crippen molar-refractivity contribution in [1.82, 2.24) is 0 Å². The van der Waals surface area contributed by atoms with Crippen LogP contribution in [0.5, 0.6) is 5.75 Å². The fourth-order valence-electron chi connectivity index (χ4n) is 0.732. The van der Waals surface area contributed by atoms with Crippen molar-refractivity contribution in [3.05, 3.63) is 27.2 Å². The Labute approximate surface area is 94.5 Å². The monoisotopic (exact) mass is 256 g/mol. The van der Waals surface area contributed by atoms with Crippen molar-refractivity contribution in [2.24, 2.45) is 0 Å². The van der Waals surface area contributed by atoms with E-state index >= 15 is 0 Å². The highest BCUT2D eigenvalue weighted by Gasteiger charge is 2.10. The number of carbonyl (C=O) groups is 1. The molecule has 0 saturated carbocycles. The molecule has 0 fully saturated rings. The molecule has 0 radical (unpaired) electrons. The van der Waals surface area contributed by atoms with Crippen LogP contribution in [0.1, 0.15) is 0 Å². The predicted molar refractivity (Wildman–Crippen MR) is 53.1 cm³/mol. The number of hydrogen-bond acceptors (Lipinski definition) is 2. The van der Waals surface area contributed by atoms with Gasteiger partial charge >= 0.3 is 5.97 Å². The summed E-state index contributed by atoms with van der Waals surface area (Å²) in [5.41, 5.74) is 0. The van der Waals surface area contributed by atoms with E-state index in [1.165, 1.54) is 12.1 Å². The average Bonchev–Trinajstić information content (AvgIpc) is 2.14. The quantitative estimate of drug-likeness (QED) is 0.460. The molecule has 1 aromatic carbocycles. The number of hydrogen-bond donors (Lipinski definition) is 0. The molecule has 0 spiro atoms. The number of rotatable bonds is 2. The maximum atomic E-state index is 11.8. The normalized spacial score (nSPS) is 10.0. The molecule has 6 heteroatoms. The van der Waals surface area contributed by atoms with E-state index in [1.54, 1.807) is 0 Å². The molecule has 14 heavy (non-hydrogen) atoms. The van der Waals surface area contributed by atoms with Gasteiger partial charge in [-0.25, -0.2) is 9.18 Å². The van der Waals surface area contributed by atoms with Crippen molar-refractivity contribution >= 4 is 40.8 Å². The molecule has 0 amide bonds. The molecule has 0 unspecified atom stereocenters. The fourth-order valence-corrected chi connectivity index (χ4v) is 1.31. The Kier molecular flexibility index (Phi) is 3.98. The molecule has 0 N–H and O–H groups in total. The van der Waals surface area contributed by atoms with E-state index < -0.39 is 12.6 Å². The lowest BCUT2D eigenvalue weighted by Gasteiger charge is -2.05. The van der Waals surface area contributed by atoms with Gasteiger partial charge in [-0.2, -0.15) is 0 Å². The maximum absolute atomic E-state index is 11.8. The Morgan fingerprint density at radius 3 is 2.36 bits per heavy atom. The van der Waals surface area contributed by atoms with Crippen LogP contribution in [0.25, 0.3) is 0 Å². The van der Waals surface area contributed by atoms with Gasteiger partial charge in [0.2, 0.25) is 0 Å². The second kappa shape index (κ2) is 4.82. The highest BCUT2D eigenvalue weighted by Crippen LogP contribution is 2.33. The van der Waals surface area contributed by atoms with E-state index in [-0.39, 0.29) is 20.8 Å². The summed E-state index contributed by atoms with van der Waals surface area (Å²) in [5.74, 6) is -1.05. The highest BCUT2D eigenvalue weighted by molar-refractivity contribution is 6.43. The Balaban J connectivity index is 2.98. The van der Waals surface area contributed by atoms with Crippen LogP contribution in [-0.4, -0.2) is 12.6 Å². The minimum absolute atomic E-state index is 0.0104. The third-order valence-corrected chi connectivity index (χ3v) is 2.33. The topological polar surface area (TPSA) is 26.3 Å². The van der Waals surface area contributed by atoms with Gasteiger partial charge in [0.05, 0.1) is 15.1 Å². The van der Waals surface area contributed by atoms with Gasteiger partial charge < -0.3 is 4.74 Å². The summed E-state index contributed by atoms with van der Waals surface area (Å²) in [5, 5.41) is 0.510. The predicted octanol–water partition coefficient (Wildman–Crippen LogP) is 3.52. The third-order valence-electron chi connectivity index (χ3n) is 1.31. The van der Waals surface area contributed by atoms with E-state index in [0.717, 1.165) is 0 Å². The zero-order valence-corrected chi connectivity index (χ0v) is 8.96. The lowest BCUT2D eigenvalue weighted by molar-refractivity contribution is -0.135. The minimum atomic E-state index is -1.23. The van der Waals surface area contributed by atoms with Crippen molar-refractivity contribution in [2.75, 3.05) is 6.67 Å². The molecule has 0 aliphatic rings. The number of benzene rings is 1. The molecular formula is C8H4Cl3FO2. The molecular weight excluding hydrogens is 253 g/mol. The first-order valence-corrected chi connectivity index (χ1v) is 4.59. The van der Waals surface area contributed by atoms with E-state index in [0.29, 0.717) is 0 Å². The Morgan fingerprint density at radius 2 is 1.79 bits per heavy atom. The second-order valence-electron chi connectivity index (χ2n) is 2.30. The SMILES string of the molecule is O=C(CF)Oc1cc(Cl)c(Cl)cc1Cl. The van der Waals surface area contributed by atoms with E-state index in [9.17, 15) is 9.18 Å². The summed E-state index contributed by atoms with van der Waals surface area (Å²) >= 11 is 16.9. The lowest BCUT2D eigenvalue weighted by atomic mass is 10.3. The van der Waals surface area contributed by atoms with Crippen LogP contribution in [0.2, 0.25) is 15.1 Å². The molecule has 0 aliphatic heterocycles. The molecule has 0 atom stereocenters. The number of alkyl halides is 1. The molecule has 1 aromatic rings. The average molecular weight is 257 g/mol. The van der Waals surface area contributed by atoms with Gasteiger partial charge in [-0.15, -0.1) is 0 Å². The number of halogens is 4. The zero-order valence-electron chi connectivity index (χ0n) is 6.69. The maximum Gasteiger partial charge on any atom is 0.342 e. The number of esters is 1. The lowest BCUT2D eigenvalue weighted by Crippen LogP contribution is -2.09. The fraction of sp³-hybridized carbons (Fsp3) is 0.125. The second-order valence-corrected chi connectivity index (χ2v) is 3.53. The van der Waals surface area contributed by atoms with Gasteiger partial charge in [0.25, 0.3) is 0 Å². The summed E-state index contributed by atoms with van der Waals surface area (Å²) in [6.45, 7) is -1.23. The van der Waals surface area contributed by atoms with Gasteiger partial charge in [0, 0.05) is 6.07 Å². The first-order chi connectivity index (χ1) is 6.54. The number of ether oxygens (including phenoxy) is 1. The molecule has 76 valence electrons. The summed E-state index contributed by atoms with van der Waals surface area (Å²) < 4.78 is 16.3. The van der Waals surface area contributed by atoms with Gasteiger partial charge in [0.15, 0.2) is 12.4 Å².